The van der Waals surface area contributed by atoms with E-state index in [9.17, 15) is 14.9 Å². The summed E-state index contributed by atoms with van der Waals surface area (Å²) in [4.78, 5) is 29.5. The van der Waals surface area contributed by atoms with E-state index in [4.69, 9.17) is 4.74 Å². The third-order valence-electron chi connectivity index (χ3n) is 6.07. The molecule has 2 atom stereocenters. The van der Waals surface area contributed by atoms with Crippen LogP contribution in [0.25, 0.3) is 0 Å². The largest absolute Gasteiger partial charge is 0.370 e. The minimum atomic E-state index is -0.460. The molecule has 2 unspecified atom stereocenters. The average Bonchev–Trinajstić information content (AvgIpc) is 2.79. The number of non-ortho nitro benzene ring substituents is 1. The van der Waals surface area contributed by atoms with Crippen molar-refractivity contribution in [2.45, 2.75) is 43.9 Å². The molecule has 1 aliphatic heterocycles. The van der Waals surface area contributed by atoms with Crippen molar-refractivity contribution >= 4 is 11.6 Å². The van der Waals surface area contributed by atoms with E-state index in [2.05, 4.69) is 10.3 Å². The van der Waals surface area contributed by atoms with Crippen LogP contribution in [0.2, 0.25) is 0 Å². The number of ether oxygens (including phenoxy) is 1. The predicted molar refractivity (Wildman–Crippen MR) is 111 cm³/mol. The van der Waals surface area contributed by atoms with Gasteiger partial charge >= 0.3 is 0 Å². The molecule has 4 rings (SSSR count). The van der Waals surface area contributed by atoms with Gasteiger partial charge in [-0.2, -0.15) is 0 Å². The number of aromatic nitrogens is 1. The molecule has 8 nitrogen and oxygen atoms in total. The monoisotopic (exact) mass is 410 g/mol. The Morgan fingerprint density at radius 3 is 2.87 bits per heavy atom. The van der Waals surface area contributed by atoms with Crippen molar-refractivity contribution in [3.8, 4) is 0 Å². The van der Waals surface area contributed by atoms with Crippen LogP contribution in [0, 0.1) is 10.1 Å². The number of carbonyl (C=O) groups is 1. The molecule has 1 saturated carbocycles. The van der Waals surface area contributed by atoms with Crippen molar-refractivity contribution < 1.29 is 14.5 Å². The lowest BCUT2D eigenvalue weighted by Crippen LogP contribution is -2.64. The van der Waals surface area contributed by atoms with Crippen molar-refractivity contribution in [1.29, 1.82) is 0 Å². The maximum absolute atomic E-state index is 13.1. The Hall–Kier alpha value is -2.84. The van der Waals surface area contributed by atoms with Gasteiger partial charge in [-0.05, 0) is 36.6 Å². The van der Waals surface area contributed by atoms with Crippen LogP contribution in [0.1, 0.15) is 41.6 Å². The fraction of sp³-hybridized carbons (Fsp3) is 0.455. The van der Waals surface area contributed by atoms with E-state index >= 15 is 0 Å². The number of nitro groups is 1. The van der Waals surface area contributed by atoms with Gasteiger partial charge < -0.3 is 15.0 Å². The fourth-order valence-corrected chi connectivity index (χ4v) is 4.49. The summed E-state index contributed by atoms with van der Waals surface area (Å²) in [7, 11) is 0. The first-order valence-corrected chi connectivity index (χ1v) is 10.4. The summed E-state index contributed by atoms with van der Waals surface area (Å²) in [5, 5.41) is 14.5. The smallest absolute Gasteiger partial charge is 0.269 e. The second-order valence-electron chi connectivity index (χ2n) is 7.98. The number of pyridine rings is 1. The van der Waals surface area contributed by atoms with Gasteiger partial charge in [-0.15, -0.1) is 0 Å². The topological polar surface area (TPSA) is 97.6 Å². The first-order valence-electron chi connectivity index (χ1n) is 10.4. The molecule has 0 radical (unpaired) electrons. The van der Waals surface area contributed by atoms with Gasteiger partial charge in [0.2, 0.25) is 0 Å². The van der Waals surface area contributed by atoms with Gasteiger partial charge in [0.05, 0.1) is 18.1 Å². The first-order chi connectivity index (χ1) is 14.6. The molecule has 1 aromatic carbocycles. The zero-order chi connectivity index (χ0) is 21.0. The molecule has 1 amide bonds. The van der Waals surface area contributed by atoms with Crippen molar-refractivity contribution in [1.82, 2.24) is 15.2 Å². The van der Waals surface area contributed by atoms with E-state index in [1.54, 1.807) is 6.20 Å². The Morgan fingerprint density at radius 1 is 1.30 bits per heavy atom. The van der Waals surface area contributed by atoms with Crippen molar-refractivity contribution in [3.63, 3.8) is 0 Å². The minimum Gasteiger partial charge on any atom is -0.370 e. The number of hydrogen-bond acceptors (Lipinski definition) is 6. The van der Waals surface area contributed by atoms with Gasteiger partial charge in [0.15, 0.2) is 0 Å². The van der Waals surface area contributed by atoms with Crippen LogP contribution in [-0.4, -0.2) is 52.1 Å². The number of nitrogens with one attached hydrogen (secondary N) is 1. The second kappa shape index (κ2) is 8.89. The zero-order valence-corrected chi connectivity index (χ0v) is 16.8. The summed E-state index contributed by atoms with van der Waals surface area (Å²) < 4.78 is 6.31. The maximum atomic E-state index is 13.1. The van der Waals surface area contributed by atoms with Crippen LogP contribution in [0.3, 0.4) is 0 Å². The molecule has 1 aliphatic carbocycles. The van der Waals surface area contributed by atoms with E-state index < -0.39 is 10.5 Å². The molecule has 1 N–H and O–H groups in total. The quantitative estimate of drug-likeness (QED) is 0.601. The van der Waals surface area contributed by atoms with Crippen LogP contribution in [0.5, 0.6) is 0 Å². The van der Waals surface area contributed by atoms with Gasteiger partial charge in [-0.3, -0.25) is 19.9 Å². The molecule has 8 heteroatoms. The van der Waals surface area contributed by atoms with E-state index in [-0.39, 0.29) is 17.6 Å². The van der Waals surface area contributed by atoms with E-state index in [0.717, 1.165) is 31.2 Å². The van der Waals surface area contributed by atoms with Gasteiger partial charge in [0, 0.05) is 49.2 Å². The third kappa shape index (κ3) is 4.34. The predicted octanol–water partition coefficient (Wildman–Crippen LogP) is 2.93. The maximum Gasteiger partial charge on any atom is 0.269 e. The number of benzene rings is 1. The SMILES string of the molecule is O=C(c1ccc([N+](=O)[O-])cc1)N1CCOC2(CCCCC2NCc2cccnc2)C1. The summed E-state index contributed by atoms with van der Waals surface area (Å²) in [6.45, 7) is 2.24. The number of nitrogens with zero attached hydrogens (tertiary/aromatic N) is 3. The molecule has 1 aromatic heterocycles. The van der Waals surface area contributed by atoms with Gasteiger partial charge in [-0.1, -0.05) is 18.9 Å². The van der Waals surface area contributed by atoms with E-state index in [1.165, 1.54) is 24.3 Å². The highest BCUT2D eigenvalue weighted by molar-refractivity contribution is 5.94. The lowest BCUT2D eigenvalue weighted by molar-refractivity contribution is -0.384. The molecule has 2 aromatic rings. The minimum absolute atomic E-state index is 0.0167. The second-order valence-corrected chi connectivity index (χ2v) is 7.98. The molecule has 0 bridgehead atoms. The van der Waals surface area contributed by atoms with Crippen LogP contribution in [-0.2, 0) is 11.3 Å². The number of carbonyl (C=O) groups excluding carboxylic acids is 1. The standard InChI is InChI=1S/C22H26N4O4/c27-21(18-6-8-19(9-7-18)26(28)29)25-12-13-30-22(16-25)10-2-1-5-20(22)24-15-17-4-3-11-23-14-17/h3-4,6-9,11,14,20,24H,1-2,5,10,12-13,15-16H2. The fourth-order valence-electron chi connectivity index (χ4n) is 4.49. The molecule has 2 aliphatic rings. The van der Waals surface area contributed by atoms with Crippen LogP contribution in [0.15, 0.2) is 48.8 Å². The molecule has 1 saturated heterocycles. The normalized spacial score (nSPS) is 24.0. The Balaban J connectivity index is 1.47. The van der Waals surface area contributed by atoms with Crippen LogP contribution >= 0.6 is 0 Å². The molecule has 2 heterocycles. The van der Waals surface area contributed by atoms with Crippen LogP contribution in [0.4, 0.5) is 5.69 Å². The first kappa shape index (κ1) is 20.4. The summed E-state index contributed by atoms with van der Waals surface area (Å²) in [5.41, 5.74) is 1.16. The third-order valence-corrected chi connectivity index (χ3v) is 6.07. The van der Waals surface area contributed by atoms with Gasteiger partial charge in [0.25, 0.3) is 11.6 Å². The highest BCUT2D eigenvalue weighted by atomic mass is 16.6. The Morgan fingerprint density at radius 2 is 2.13 bits per heavy atom. The molecule has 30 heavy (non-hydrogen) atoms. The number of morpholine rings is 1. The van der Waals surface area contributed by atoms with E-state index in [0.29, 0.717) is 31.8 Å². The molecular weight excluding hydrogens is 384 g/mol. The molecule has 158 valence electrons. The highest BCUT2D eigenvalue weighted by Gasteiger charge is 2.46. The van der Waals surface area contributed by atoms with E-state index in [1.807, 2.05) is 23.2 Å². The van der Waals surface area contributed by atoms with Gasteiger partial charge in [-0.25, -0.2) is 0 Å². The summed E-state index contributed by atoms with van der Waals surface area (Å²) in [6.07, 6.45) is 7.73. The summed E-state index contributed by atoms with van der Waals surface area (Å²) >= 11 is 0. The number of rotatable bonds is 5. The summed E-state index contributed by atoms with van der Waals surface area (Å²) in [5.74, 6) is -0.107. The number of nitro benzene ring substituents is 1. The van der Waals surface area contributed by atoms with Crippen LogP contribution < -0.4 is 5.32 Å². The lowest BCUT2D eigenvalue weighted by atomic mass is 9.78. The molecular formula is C22H26N4O4. The Bertz CT molecular complexity index is 886. The van der Waals surface area contributed by atoms with Crippen molar-refractivity contribution in [2.24, 2.45) is 0 Å². The molecule has 1 spiro atoms. The Labute approximate surface area is 175 Å². The lowest BCUT2D eigenvalue weighted by Gasteiger charge is -2.49. The molecule has 2 fully saturated rings. The average molecular weight is 410 g/mol. The number of amides is 1. The van der Waals surface area contributed by atoms with Crippen molar-refractivity contribution in [2.75, 3.05) is 19.7 Å². The zero-order valence-electron chi connectivity index (χ0n) is 16.8. The summed E-state index contributed by atoms with van der Waals surface area (Å²) in [6, 6.07) is 9.93. The Kier molecular flexibility index (Phi) is 6.06. The highest BCUT2D eigenvalue weighted by Crippen LogP contribution is 2.35. The van der Waals surface area contributed by atoms with Gasteiger partial charge in [0.1, 0.15) is 5.60 Å². The number of hydrogen-bond donors (Lipinski definition) is 1. The van der Waals surface area contributed by atoms with Crippen molar-refractivity contribution in [3.05, 3.63) is 70.0 Å².